The molecule has 0 saturated heterocycles. The average Bonchev–Trinajstić information content (AvgIpc) is 2.38. The van der Waals surface area contributed by atoms with Crippen molar-refractivity contribution in [3.8, 4) is 0 Å². The van der Waals surface area contributed by atoms with Crippen LogP contribution in [-0.4, -0.2) is 22.2 Å². The van der Waals surface area contributed by atoms with Crippen LogP contribution in [0, 0.1) is 0 Å². The van der Waals surface area contributed by atoms with Gasteiger partial charge in [0.05, 0.1) is 11.8 Å². The first-order valence-corrected chi connectivity index (χ1v) is 29.1. The molecule has 40 heavy (non-hydrogen) atoms. The summed E-state index contributed by atoms with van der Waals surface area (Å²) in [4.78, 5) is 4.00. The highest BCUT2D eigenvalue weighted by atomic mass is 35.9. The van der Waals surface area contributed by atoms with Crippen molar-refractivity contribution in [1.82, 2.24) is 15.3 Å². The van der Waals surface area contributed by atoms with Gasteiger partial charge in [0.2, 0.25) is 7.51 Å². The molecule has 4 N–H and O–H groups in total. The minimum Gasteiger partial charge on any atom is -0.528 e. The number of rotatable bonds is 3. The maximum absolute atomic E-state index is 6.19. The van der Waals surface area contributed by atoms with E-state index < -0.39 is 38.7 Å². The van der Waals surface area contributed by atoms with E-state index in [0.717, 1.165) is 0 Å². The van der Waals surface area contributed by atoms with Crippen molar-refractivity contribution in [2.75, 3.05) is 0 Å². The molecule has 0 aliphatic carbocycles. The molecule has 2 aliphatic rings. The number of halogens is 8. The van der Waals surface area contributed by atoms with Crippen molar-refractivity contribution in [1.29, 1.82) is 0 Å². The Labute approximate surface area is 279 Å². The van der Waals surface area contributed by atoms with Crippen LogP contribution in [0.3, 0.4) is 0 Å². The van der Waals surface area contributed by atoms with Gasteiger partial charge in [0.25, 0.3) is 11.8 Å². The van der Waals surface area contributed by atoms with Gasteiger partial charge in [-0.25, -0.2) is 20.0 Å². The highest BCUT2D eigenvalue weighted by Crippen LogP contribution is 2.90. The van der Waals surface area contributed by atoms with Crippen molar-refractivity contribution in [2.24, 2.45) is 22.6 Å². The molecule has 0 amide bonds. The first kappa shape index (κ1) is 41.6. The van der Waals surface area contributed by atoms with E-state index in [0.29, 0.717) is 0 Å². The van der Waals surface area contributed by atoms with Crippen LogP contribution < -0.4 is 20.0 Å². The highest BCUT2D eigenvalue weighted by molar-refractivity contribution is 8.28. The van der Waals surface area contributed by atoms with Gasteiger partial charge in [-0.15, -0.1) is 0 Å². The van der Waals surface area contributed by atoms with E-state index in [2.05, 4.69) is 47.4 Å². The standard InChI is InChI=1S/C8H20Cl4N5P3.C8H19Cl4N5P3/c2*1-7(2,3)13-20(14-8(4,5)6)16-18(9,10)15-19(11,12)17-20/h13-14H,1-6H3;1-6H3,(H,13,14)/q;-1/p+1. The van der Waals surface area contributed by atoms with Gasteiger partial charge < -0.3 is 4.86 Å². The Morgan fingerprint density at radius 1 is 0.500 bits per heavy atom. The number of hydrogen-bond donors (Lipinski definition) is 4. The van der Waals surface area contributed by atoms with Gasteiger partial charge >= 0.3 is 7.51 Å². The second-order valence-corrected chi connectivity index (χ2v) is 37.6. The topological polar surface area (TPSA) is 126 Å². The summed E-state index contributed by atoms with van der Waals surface area (Å²) in [5.74, 6) is -11.8. The average molecular weight is 842 g/mol. The Kier molecular flexibility index (Phi) is 14.1. The largest absolute Gasteiger partial charge is 0.528 e. The summed E-state index contributed by atoms with van der Waals surface area (Å²) >= 11 is 49.5. The molecule has 0 unspecified atom stereocenters. The quantitative estimate of drug-likeness (QED) is 0.211. The zero-order chi connectivity index (χ0) is 32.1. The summed E-state index contributed by atoms with van der Waals surface area (Å²) in [7, 11) is -5.30. The van der Waals surface area contributed by atoms with Gasteiger partial charge in [0, 0.05) is 16.6 Å². The van der Waals surface area contributed by atoms with E-state index >= 15 is 0 Å². The van der Waals surface area contributed by atoms with Crippen molar-refractivity contribution in [3.63, 3.8) is 0 Å². The lowest BCUT2D eigenvalue weighted by Crippen LogP contribution is -2.80. The summed E-state index contributed by atoms with van der Waals surface area (Å²) < 4.78 is 25.2. The normalized spacial score (nSPS) is 24.4. The van der Waals surface area contributed by atoms with E-state index in [4.69, 9.17) is 89.9 Å². The molecule has 0 atom stereocenters. The molecule has 10 nitrogen and oxygen atoms in total. The fourth-order valence-corrected chi connectivity index (χ4v) is 34.8. The lowest BCUT2D eigenvalue weighted by atomic mass is 10.1. The van der Waals surface area contributed by atoms with Crippen LogP contribution in [0.1, 0.15) is 83.1 Å². The third-order valence-corrected chi connectivity index (χ3v) is 28.0. The second-order valence-electron chi connectivity index (χ2n) is 13.0. The van der Waals surface area contributed by atoms with Crippen molar-refractivity contribution < 1.29 is 4.74 Å². The number of nitrogens with zero attached hydrogens (tertiary/aromatic N) is 6. The lowest BCUT2D eigenvalue weighted by Gasteiger charge is -2.38. The third kappa shape index (κ3) is 16.9. The first-order chi connectivity index (χ1) is 17.1. The van der Waals surface area contributed by atoms with E-state index in [9.17, 15) is 0 Å². The van der Waals surface area contributed by atoms with Crippen LogP contribution in [0.25, 0.3) is 4.86 Å². The minimum atomic E-state index is -2.94. The van der Waals surface area contributed by atoms with Crippen molar-refractivity contribution in [3.05, 3.63) is 4.86 Å². The molecule has 0 spiro atoms. The molecule has 2 aliphatic heterocycles. The van der Waals surface area contributed by atoms with Crippen molar-refractivity contribution >= 4 is 129 Å². The number of hydrogen-bond acceptors (Lipinski definition) is 5. The van der Waals surface area contributed by atoms with Crippen LogP contribution in [0.5, 0.6) is 0 Å². The second kappa shape index (κ2) is 13.6. The highest BCUT2D eigenvalue weighted by Gasteiger charge is 2.39. The molecule has 0 aromatic carbocycles. The molecule has 2 rings (SSSR count). The van der Waals surface area contributed by atoms with Gasteiger partial charge in [-0.05, 0) is 128 Å². The maximum atomic E-state index is 6.19. The summed E-state index contributed by atoms with van der Waals surface area (Å²) in [6.07, 6.45) is 0. The van der Waals surface area contributed by atoms with Gasteiger partial charge in [-0.1, -0.05) is 45.0 Å². The SMILES string of the molecule is CC(C)(C)NP1(=[NH+]C(C)(C)C)N=P(Cl)(Cl)[N-]P(Cl)(Cl)=N1.CC(C)(C)NP1(NC(C)(C)C)=NP(Cl)(Cl)=NP(Cl)(Cl)=N1. The fraction of sp³-hybridized carbons (Fsp3) is 1.00. The van der Waals surface area contributed by atoms with Gasteiger partial charge in [0.15, 0.2) is 5.54 Å². The van der Waals surface area contributed by atoms with Gasteiger partial charge in [-0.2, -0.15) is 22.6 Å². The third-order valence-electron chi connectivity index (χ3n) is 3.34. The molecule has 0 saturated carbocycles. The Hall–Kier alpha value is 3.54. The molecule has 2 heterocycles. The van der Waals surface area contributed by atoms with Crippen LogP contribution in [-0.2, 0) is 0 Å². The van der Waals surface area contributed by atoms with Gasteiger partial charge in [0.1, 0.15) is 0 Å². The predicted molar refractivity (Wildman–Crippen MR) is 193 cm³/mol. The summed E-state index contributed by atoms with van der Waals surface area (Å²) in [5.41, 5.74) is -1.06. The van der Waals surface area contributed by atoms with Crippen molar-refractivity contribution in [2.45, 2.75) is 105 Å². The maximum Gasteiger partial charge on any atom is 0.396 e. The van der Waals surface area contributed by atoms with Crippen LogP contribution >= 0.6 is 129 Å². The monoisotopic (exact) mass is 838 g/mol. The molecule has 0 aromatic rings. The molecule has 240 valence electrons. The molecular formula is C16H40Cl8N10P6. The Bertz CT molecular complexity index is 1240. The molecule has 0 fully saturated rings. The first-order valence-electron chi connectivity index (χ1n) is 11.6. The molecule has 24 heteroatoms. The Balaban J connectivity index is 0.000000400. The Morgan fingerprint density at radius 3 is 1.15 bits per heavy atom. The van der Waals surface area contributed by atoms with E-state index in [-0.39, 0.29) is 22.2 Å². The van der Waals surface area contributed by atoms with E-state index in [1.165, 1.54) is 0 Å². The number of nitrogens with one attached hydrogen (secondary N) is 4. The lowest BCUT2D eigenvalue weighted by molar-refractivity contribution is -0.521. The predicted octanol–water partition coefficient (Wildman–Crippen LogP) is 14.0. The zero-order valence-corrected chi connectivity index (χ0v) is 35.8. The Morgan fingerprint density at radius 2 is 0.850 bits per heavy atom. The molecule has 0 aromatic heterocycles. The minimum absolute atomic E-state index is 0.266. The molecule has 0 radical (unpaired) electrons. The fourth-order valence-electron chi connectivity index (χ4n) is 3.09. The summed E-state index contributed by atoms with van der Waals surface area (Å²) in [6.45, 7) is 24.0. The van der Waals surface area contributed by atoms with E-state index in [1.807, 2.05) is 83.1 Å². The molecular weight excluding hydrogens is 802 g/mol. The van der Waals surface area contributed by atoms with Crippen LogP contribution in [0.15, 0.2) is 22.6 Å². The summed E-state index contributed by atoms with van der Waals surface area (Å²) in [5, 5.41) is 10.1. The smallest absolute Gasteiger partial charge is 0.396 e. The van der Waals surface area contributed by atoms with Gasteiger partial charge in [-0.3, -0.25) is 0 Å². The van der Waals surface area contributed by atoms with E-state index in [1.54, 1.807) is 0 Å². The summed E-state index contributed by atoms with van der Waals surface area (Å²) in [6, 6.07) is 0. The zero-order valence-electron chi connectivity index (χ0n) is 24.4. The molecule has 0 bridgehead atoms. The van der Waals surface area contributed by atoms with Crippen LogP contribution in [0.2, 0.25) is 0 Å². The van der Waals surface area contributed by atoms with Crippen LogP contribution in [0.4, 0.5) is 0 Å².